The van der Waals surface area contributed by atoms with Gasteiger partial charge in [0.05, 0.1) is 17.6 Å². The maximum atomic E-state index is 15.3. The zero-order valence-electron chi connectivity index (χ0n) is 53.7. The van der Waals surface area contributed by atoms with Crippen LogP contribution in [0.1, 0.15) is 143 Å². The van der Waals surface area contributed by atoms with E-state index in [-0.39, 0.29) is 48.4 Å². The minimum absolute atomic E-state index is 0.00418. The van der Waals surface area contributed by atoms with Crippen LogP contribution in [0.3, 0.4) is 0 Å². The minimum Gasteiger partial charge on any atom is -0.463 e. The summed E-state index contributed by atoms with van der Waals surface area (Å²) in [6.07, 6.45) is 3.01. The molecule has 1 aliphatic heterocycles. The summed E-state index contributed by atoms with van der Waals surface area (Å²) >= 11 is 5.79. The average Bonchev–Trinajstić information content (AvgIpc) is 3.40. The summed E-state index contributed by atoms with van der Waals surface area (Å²) in [7, 11) is 8.39. The van der Waals surface area contributed by atoms with Crippen molar-refractivity contribution in [1.29, 1.82) is 0 Å². The van der Waals surface area contributed by atoms with Crippen molar-refractivity contribution in [3.63, 3.8) is 0 Å². The Labute approximate surface area is 499 Å². The van der Waals surface area contributed by atoms with Gasteiger partial charge in [0.25, 0.3) is 0 Å². The van der Waals surface area contributed by atoms with Crippen LogP contribution in [0.2, 0.25) is 0 Å². The molecule has 0 bridgehead atoms. The van der Waals surface area contributed by atoms with Gasteiger partial charge in [0.1, 0.15) is 61.0 Å². The molecule has 1 saturated heterocycles. The number of nitrogens with zero attached hydrogens (tertiary/aromatic N) is 6. The maximum absolute atomic E-state index is 15.3. The zero-order valence-corrected chi connectivity index (χ0v) is 54.6. The van der Waals surface area contributed by atoms with Crippen LogP contribution in [0, 0.1) is 35.5 Å². The third-order valence-corrected chi connectivity index (χ3v) is 15.4. The van der Waals surface area contributed by atoms with Crippen molar-refractivity contribution >= 4 is 82.3 Å². The van der Waals surface area contributed by atoms with Crippen LogP contribution in [0.15, 0.2) is 12.2 Å². The summed E-state index contributed by atoms with van der Waals surface area (Å²) in [5.41, 5.74) is 0. The Hall–Kier alpha value is -6.20. The van der Waals surface area contributed by atoms with Gasteiger partial charge in [0.15, 0.2) is 0 Å². The van der Waals surface area contributed by atoms with Crippen molar-refractivity contribution in [1.82, 2.24) is 50.7 Å². The van der Waals surface area contributed by atoms with Crippen LogP contribution < -0.4 is 21.3 Å². The molecule has 0 aromatic rings. The Bertz CT molecular complexity index is 2310. The zero-order chi connectivity index (χ0) is 64.2. The Morgan fingerprint density at radius 1 is 0.578 bits per heavy atom. The highest BCUT2D eigenvalue weighted by Gasteiger charge is 2.46. The number of carbonyl (C=O) groups is 11. The number of rotatable bonds is 16. The molecule has 24 heteroatoms. The Morgan fingerprint density at radius 2 is 1.07 bits per heavy atom. The normalized spacial score (nSPS) is 25.6. The molecule has 1 fully saturated rings. The van der Waals surface area contributed by atoms with E-state index in [0.717, 1.165) is 16.7 Å². The number of likely N-dealkylation sites (N-methyl/N-ethyl adjacent to an activating group) is 6. The number of nitrogens with one attached hydrogen (secondary N) is 4. The fourth-order valence-electron chi connectivity index (χ4n) is 9.99. The molecule has 83 heavy (non-hydrogen) atoms. The number of amides is 9. The summed E-state index contributed by atoms with van der Waals surface area (Å²) in [5.74, 6) is -9.87. The van der Waals surface area contributed by atoms with Gasteiger partial charge in [-0.3, -0.25) is 52.7 Å². The molecular weight excluding hydrogens is 1090 g/mol. The lowest BCUT2D eigenvalue weighted by atomic mass is 9.91. The van der Waals surface area contributed by atoms with E-state index in [1.165, 1.54) is 68.8 Å². The maximum Gasteiger partial charge on any atom is 0.303 e. The molecule has 4 N–H and O–H groups in total. The Kier molecular flexibility index (Phi) is 31.1. The molecule has 0 aromatic heterocycles. The van der Waals surface area contributed by atoms with Crippen molar-refractivity contribution in [2.75, 3.05) is 55.4 Å². The SMILES string of the molecule is C/C=C/C[C@@H](C)[C@@H](OC(C)=O)[C@H]1C(=O)N[C@@H](CC)C(=O)N(C)CC(=O)N(C)[C@@H](CC(C)C)C(=O)N[C@@H](C(C)C)C(=O)N(C)[C@@H](CC(C)C)C(=O)N[C@@H](C)C(=S)N[C@H](COC(C)=O)C(=O)N(C)[C@@H](CC(C)C)C(=O)N(C)[C@@H](C(C)C)C(=O)N1C. The highest BCUT2D eigenvalue weighted by molar-refractivity contribution is 7.80. The van der Waals surface area contributed by atoms with Crippen LogP contribution >= 0.6 is 12.2 Å². The largest absolute Gasteiger partial charge is 0.463 e. The van der Waals surface area contributed by atoms with Crippen LogP contribution in [0.4, 0.5) is 0 Å². The Morgan fingerprint density at radius 3 is 1.54 bits per heavy atom. The quantitative estimate of drug-likeness (QED) is 0.0981. The second-order valence-electron chi connectivity index (χ2n) is 24.2. The number of hydrogen-bond acceptors (Lipinski definition) is 14. The van der Waals surface area contributed by atoms with Crippen molar-refractivity contribution in [2.45, 2.75) is 203 Å². The lowest BCUT2D eigenvalue weighted by molar-refractivity contribution is -0.164. The van der Waals surface area contributed by atoms with Gasteiger partial charge in [-0.2, -0.15) is 0 Å². The lowest BCUT2D eigenvalue weighted by Crippen LogP contribution is -2.64. The van der Waals surface area contributed by atoms with Crippen molar-refractivity contribution < 1.29 is 62.2 Å². The number of hydrogen-bond donors (Lipinski definition) is 4. The fraction of sp³-hybridized carbons (Fsp3) is 0.763. The van der Waals surface area contributed by atoms with E-state index in [1.54, 1.807) is 61.5 Å². The molecule has 0 unspecified atom stereocenters. The Balaban J connectivity index is 4.43. The second-order valence-corrected chi connectivity index (χ2v) is 24.7. The molecule has 9 amide bonds. The molecule has 0 aromatic carbocycles. The van der Waals surface area contributed by atoms with Gasteiger partial charge in [-0.15, -0.1) is 0 Å². The first-order valence-corrected chi connectivity index (χ1v) is 29.5. The lowest BCUT2D eigenvalue weighted by Gasteiger charge is -2.41. The molecule has 1 rings (SSSR count). The van der Waals surface area contributed by atoms with Crippen LogP contribution in [-0.2, 0) is 62.2 Å². The van der Waals surface area contributed by atoms with E-state index >= 15 is 14.4 Å². The van der Waals surface area contributed by atoms with E-state index < -0.39 is 156 Å². The topological polar surface area (TPSA) is 274 Å². The van der Waals surface area contributed by atoms with Gasteiger partial charge < -0.3 is 60.1 Å². The third-order valence-electron chi connectivity index (χ3n) is 14.9. The van der Waals surface area contributed by atoms with Crippen molar-refractivity contribution in [3.8, 4) is 0 Å². The first kappa shape index (κ1) is 74.8. The van der Waals surface area contributed by atoms with E-state index in [9.17, 15) is 38.4 Å². The molecule has 472 valence electrons. The minimum atomic E-state index is -1.60. The van der Waals surface area contributed by atoms with Crippen LogP contribution in [0.5, 0.6) is 0 Å². The summed E-state index contributed by atoms with van der Waals surface area (Å²) in [6.45, 7) is 26.0. The van der Waals surface area contributed by atoms with Gasteiger partial charge in [-0.1, -0.05) is 107 Å². The number of allylic oxidation sites excluding steroid dienone is 2. The molecule has 11 atom stereocenters. The summed E-state index contributed by atoms with van der Waals surface area (Å²) in [6, 6.07) is -11.2. The fourth-order valence-corrected chi connectivity index (χ4v) is 10.2. The highest BCUT2D eigenvalue weighted by atomic mass is 32.1. The third kappa shape index (κ3) is 22.1. The number of carbonyl (C=O) groups excluding carboxylic acids is 11. The predicted octanol–water partition coefficient (Wildman–Crippen LogP) is 3.31. The van der Waals surface area contributed by atoms with Gasteiger partial charge in [0, 0.05) is 56.1 Å². The highest BCUT2D eigenvalue weighted by Crippen LogP contribution is 2.26. The molecule has 0 radical (unpaired) electrons. The molecule has 0 saturated carbocycles. The standard InChI is InChI=1S/C59H102N10O13S/c1-23-25-26-37(13)50(82-40(16)71)49-53(75)61-41(24-2)55(76)64(17)30-46(72)65(18)43(27-32(3)4)52(74)63-47(35(9)10)58(79)66(19)44(28-33(5)6)51(73)60-38(14)54(83)62-42(31-81-39(15)70)56(77)67(20)45(29-34(7)8)57(78)68(21)48(36(11)12)59(80)69(49)22/h23,25,32-38,41-45,47-50H,24,26-31H2,1-22H3,(H,60,73)(H,61,75)(H,62,83)(H,63,74)/b25-23+/t37-,38+,41+,42-,43+,44+,45+,47+,48+,49+,50-/m1/s1. The molecule has 23 nitrogen and oxygen atoms in total. The second kappa shape index (κ2) is 34.5. The summed E-state index contributed by atoms with van der Waals surface area (Å²) < 4.78 is 11.3. The van der Waals surface area contributed by atoms with Crippen molar-refractivity contribution in [2.24, 2.45) is 35.5 Å². The van der Waals surface area contributed by atoms with E-state index in [1.807, 2.05) is 47.6 Å². The van der Waals surface area contributed by atoms with Crippen LogP contribution in [0.25, 0.3) is 0 Å². The van der Waals surface area contributed by atoms with Gasteiger partial charge in [0.2, 0.25) is 53.2 Å². The summed E-state index contributed by atoms with van der Waals surface area (Å²) in [4.78, 5) is 165. The van der Waals surface area contributed by atoms with E-state index in [4.69, 9.17) is 21.7 Å². The number of esters is 2. The molecule has 1 heterocycles. The van der Waals surface area contributed by atoms with Gasteiger partial charge in [-0.05, 0) is 81.5 Å². The molecule has 0 aliphatic carbocycles. The predicted molar refractivity (Wildman–Crippen MR) is 321 cm³/mol. The molecule has 0 spiro atoms. The molecular formula is C59H102N10O13S. The first-order chi connectivity index (χ1) is 38.4. The first-order valence-electron chi connectivity index (χ1n) is 29.1. The average molecular weight is 1190 g/mol. The molecule has 1 aliphatic rings. The van der Waals surface area contributed by atoms with Gasteiger partial charge in [-0.25, -0.2) is 0 Å². The number of ether oxygens (including phenoxy) is 2. The van der Waals surface area contributed by atoms with Crippen molar-refractivity contribution in [3.05, 3.63) is 12.2 Å². The summed E-state index contributed by atoms with van der Waals surface area (Å²) in [5, 5.41) is 11.4. The van der Waals surface area contributed by atoms with Gasteiger partial charge >= 0.3 is 11.9 Å². The smallest absolute Gasteiger partial charge is 0.303 e. The van der Waals surface area contributed by atoms with Crippen LogP contribution in [-0.4, -0.2) is 215 Å². The number of thiocarbonyl (C=S) groups is 1. The van der Waals surface area contributed by atoms with E-state index in [0.29, 0.717) is 6.42 Å². The van der Waals surface area contributed by atoms with E-state index in [2.05, 4.69) is 21.3 Å². The monoisotopic (exact) mass is 1190 g/mol.